The third kappa shape index (κ3) is 4.52. The highest BCUT2D eigenvalue weighted by atomic mass is 32.2. The quantitative estimate of drug-likeness (QED) is 0.855. The van der Waals surface area contributed by atoms with Gasteiger partial charge in [0.2, 0.25) is 5.91 Å². The van der Waals surface area contributed by atoms with E-state index in [0.717, 1.165) is 26.2 Å². The molecule has 0 bridgehead atoms. The van der Waals surface area contributed by atoms with Crippen molar-refractivity contribution >= 4 is 21.4 Å². The van der Waals surface area contributed by atoms with Crippen LogP contribution in [0, 0.1) is 6.92 Å². The van der Waals surface area contributed by atoms with Crippen LogP contribution in [0.2, 0.25) is 0 Å². The number of nitrogens with zero attached hydrogens (tertiary/aromatic N) is 2. The molecule has 0 unspecified atom stereocenters. The van der Waals surface area contributed by atoms with Crippen LogP contribution in [0.3, 0.4) is 0 Å². The van der Waals surface area contributed by atoms with Crippen molar-refractivity contribution in [1.82, 2.24) is 10.2 Å². The van der Waals surface area contributed by atoms with Gasteiger partial charge in [0.15, 0.2) is 9.84 Å². The van der Waals surface area contributed by atoms with E-state index >= 15 is 0 Å². The molecule has 7 heteroatoms. The Balaban J connectivity index is 1.51. The first-order valence-electron chi connectivity index (χ1n) is 8.90. The lowest BCUT2D eigenvalue weighted by Gasteiger charge is -2.38. The van der Waals surface area contributed by atoms with Gasteiger partial charge in [-0.25, -0.2) is 8.42 Å². The van der Waals surface area contributed by atoms with Crippen molar-refractivity contribution in [2.24, 2.45) is 0 Å². The summed E-state index contributed by atoms with van der Waals surface area (Å²) in [7, 11) is -2.97. The first-order valence-corrected chi connectivity index (χ1v) is 10.7. The van der Waals surface area contributed by atoms with Crippen molar-refractivity contribution in [3.8, 4) is 0 Å². The van der Waals surface area contributed by atoms with Crippen molar-refractivity contribution < 1.29 is 13.2 Å². The number of nitrogens with one attached hydrogen (secondary N) is 1. The molecule has 6 nitrogen and oxygen atoms in total. The van der Waals surface area contributed by atoms with Crippen LogP contribution in [0.15, 0.2) is 24.3 Å². The van der Waals surface area contributed by atoms with E-state index < -0.39 is 9.84 Å². The fraction of sp³-hybridized carbons (Fsp3) is 0.611. The van der Waals surface area contributed by atoms with Gasteiger partial charge in [-0.15, -0.1) is 0 Å². The molecule has 0 saturated carbocycles. The Morgan fingerprint density at radius 3 is 2.56 bits per heavy atom. The minimum absolute atomic E-state index is 0.0638. The SMILES string of the molecule is Cc1cccc(N2CCN([C@@H](C)C(=O)N[C@H]3CCS(=O)(=O)C3)CC2)c1. The fourth-order valence-corrected chi connectivity index (χ4v) is 5.26. The number of carbonyl (C=O) groups is 1. The second-order valence-corrected chi connectivity index (χ2v) is 9.38. The summed E-state index contributed by atoms with van der Waals surface area (Å²) in [4.78, 5) is 17.0. The summed E-state index contributed by atoms with van der Waals surface area (Å²) in [5.41, 5.74) is 2.48. The predicted molar refractivity (Wildman–Crippen MR) is 99.6 cm³/mol. The minimum atomic E-state index is -2.97. The lowest BCUT2D eigenvalue weighted by atomic mass is 10.1. The van der Waals surface area contributed by atoms with Gasteiger partial charge in [-0.05, 0) is 38.0 Å². The summed E-state index contributed by atoms with van der Waals surface area (Å²) in [5.74, 6) is 0.194. The third-order valence-corrected chi connectivity index (χ3v) is 6.95. The van der Waals surface area contributed by atoms with Crippen LogP contribution in [0.5, 0.6) is 0 Å². The van der Waals surface area contributed by atoms with E-state index in [1.165, 1.54) is 11.3 Å². The molecule has 1 aromatic carbocycles. The molecule has 0 aliphatic carbocycles. The number of anilines is 1. The van der Waals surface area contributed by atoms with E-state index in [9.17, 15) is 13.2 Å². The first kappa shape index (κ1) is 18.2. The molecule has 3 rings (SSSR count). The molecule has 2 saturated heterocycles. The lowest BCUT2D eigenvalue weighted by Crippen LogP contribution is -2.55. The summed E-state index contributed by atoms with van der Waals surface area (Å²) in [6, 6.07) is 8.01. The zero-order valence-electron chi connectivity index (χ0n) is 14.9. The van der Waals surface area contributed by atoms with Crippen LogP contribution in [0.1, 0.15) is 18.9 Å². The normalized spacial score (nSPS) is 24.9. The van der Waals surface area contributed by atoms with Gasteiger partial charge < -0.3 is 10.2 Å². The monoisotopic (exact) mass is 365 g/mol. The number of rotatable bonds is 4. The van der Waals surface area contributed by atoms with Crippen LogP contribution >= 0.6 is 0 Å². The molecule has 2 aliphatic rings. The highest BCUT2D eigenvalue weighted by molar-refractivity contribution is 7.91. The molecule has 2 aliphatic heterocycles. The van der Waals surface area contributed by atoms with Crippen LogP contribution in [0.4, 0.5) is 5.69 Å². The molecule has 2 heterocycles. The number of piperazine rings is 1. The molecule has 0 aromatic heterocycles. The first-order chi connectivity index (χ1) is 11.8. The Hall–Kier alpha value is -1.60. The summed E-state index contributed by atoms with van der Waals surface area (Å²) in [6.07, 6.45) is 0.530. The van der Waals surface area contributed by atoms with Gasteiger partial charge in [0.1, 0.15) is 0 Å². The molecule has 0 spiro atoms. The molecule has 2 atom stereocenters. The smallest absolute Gasteiger partial charge is 0.237 e. The van der Waals surface area contributed by atoms with Gasteiger partial charge in [-0.3, -0.25) is 9.69 Å². The zero-order chi connectivity index (χ0) is 18.0. The number of amides is 1. The molecule has 2 fully saturated rings. The minimum Gasteiger partial charge on any atom is -0.369 e. The Morgan fingerprint density at radius 2 is 1.96 bits per heavy atom. The van der Waals surface area contributed by atoms with E-state index in [2.05, 4.69) is 46.3 Å². The number of carbonyl (C=O) groups excluding carboxylic acids is 1. The molecular weight excluding hydrogens is 338 g/mol. The maximum Gasteiger partial charge on any atom is 0.237 e. The Kier molecular flexibility index (Phi) is 5.34. The standard InChI is InChI=1S/C18H27N3O3S/c1-14-4-3-5-17(12-14)21-9-7-20(8-10-21)15(2)18(22)19-16-6-11-25(23,24)13-16/h3-5,12,15-16H,6-11,13H2,1-2H3,(H,19,22)/t15-,16-/m0/s1. The molecule has 1 N–H and O–H groups in total. The van der Waals surface area contributed by atoms with Crippen molar-refractivity contribution in [3.05, 3.63) is 29.8 Å². The molecule has 138 valence electrons. The van der Waals surface area contributed by atoms with Gasteiger partial charge in [-0.2, -0.15) is 0 Å². The summed E-state index contributed by atoms with van der Waals surface area (Å²) in [6.45, 7) is 7.42. The third-order valence-electron chi connectivity index (χ3n) is 5.19. The van der Waals surface area contributed by atoms with E-state index in [0.29, 0.717) is 6.42 Å². The van der Waals surface area contributed by atoms with Gasteiger partial charge in [0, 0.05) is 37.9 Å². The van der Waals surface area contributed by atoms with Crippen LogP contribution in [-0.2, 0) is 14.6 Å². The van der Waals surface area contributed by atoms with Crippen LogP contribution in [-0.4, -0.2) is 69.0 Å². The van der Waals surface area contributed by atoms with Gasteiger partial charge >= 0.3 is 0 Å². The van der Waals surface area contributed by atoms with Crippen LogP contribution < -0.4 is 10.2 Å². The van der Waals surface area contributed by atoms with Crippen molar-refractivity contribution in [1.29, 1.82) is 0 Å². The highest BCUT2D eigenvalue weighted by Gasteiger charge is 2.32. The predicted octanol–water partition coefficient (Wildman–Crippen LogP) is 0.809. The second-order valence-electron chi connectivity index (χ2n) is 7.15. The average Bonchev–Trinajstić information content (AvgIpc) is 2.93. The van der Waals surface area contributed by atoms with Crippen molar-refractivity contribution in [2.75, 3.05) is 42.6 Å². The summed E-state index contributed by atoms with van der Waals surface area (Å²) < 4.78 is 23.0. The number of sulfone groups is 1. The molecule has 25 heavy (non-hydrogen) atoms. The number of hydrogen-bond acceptors (Lipinski definition) is 5. The van der Waals surface area contributed by atoms with Gasteiger partial charge in [-0.1, -0.05) is 12.1 Å². The Labute approximate surface area is 150 Å². The maximum atomic E-state index is 12.4. The molecular formula is C18H27N3O3S. The molecule has 1 aromatic rings. The Morgan fingerprint density at radius 1 is 1.24 bits per heavy atom. The van der Waals surface area contributed by atoms with Crippen molar-refractivity contribution in [3.63, 3.8) is 0 Å². The highest BCUT2D eigenvalue weighted by Crippen LogP contribution is 2.19. The average molecular weight is 365 g/mol. The number of benzene rings is 1. The van der Waals surface area contributed by atoms with Gasteiger partial charge in [0.25, 0.3) is 0 Å². The zero-order valence-corrected chi connectivity index (χ0v) is 15.8. The second kappa shape index (κ2) is 7.33. The molecule has 0 radical (unpaired) electrons. The van der Waals surface area contributed by atoms with Crippen LogP contribution in [0.25, 0.3) is 0 Å². The number of hydrogen-bond donors (Lipinski definition) is 1. The van der Waals surface area contributed by atoms with E-state index in [1.807, 2.05) is 6.92 Å². The van der Waals surface area contributed by atoms with Crippen molar-refractivity contribution in [2.45, 2.75) is 32.4 Å². The fourth-order valence-electron chi connectivity index (χ4n) is 3.59. The summed E-state index contributed by atoms with van der Waals surface area (Å²) in [5, 5.41) is 2.91. The lowest BCUT2D eigenvalue weighted by molar-refractivity contribution is -0.126. The maximum absolute atomic E-state index is 12.4. The number of aryl methyl sites for hydroxylation is 1. The topological polar surface area (TPSA) is 69.7 Å². The largest absolute Gasteiger partial charge is 0.369 e. The van der Waals surface area contributed by atoms with E-state index in [4.69, 9.17) is 0 Å². The van der Waals surface area contributed by atoms with E-state index in [1.54, 1.807) is 0 Å². The van der Waals surface area contributed by atoms with Gasteiger partial charge in [0.05, 0.1) is 17.5 Å². The molecule has 1 amide bonds. The summed E-state index contributed by atoms with van der Waals surface area (Å²) >= 11 is 0. The van der Waals surface area contributed by atoms with E-state index in [-0.39, 0.29) is 29.5 Å². The Bertz CT molecular complexity index is 727.